The number of nitrogens with one attached hydrogen (secondary N) is 1. The summed E-state index contributed by atoms with van der Waals surface area (Å²) in [5.41, 5.74) is 3.22. The van der Waals surface area contributed by atoms with Crippen LogP contribution in [0.3, 0.4) is 0 Å². The molecule has 0 unspecified atom stereocenters. The van der Waals surface area contributed by atoms with E-state index in [1.807, 2.05) is 38.1 Å². The smallest absolute Gasteiger partial charge is 0.178 e. The molecule has 2 rings (SSSR count). The summed E-state index contributed by atoms with van der Waals surface area (Å²) in [7, 11) is 0. The minimum atomic E-state index is 0.469. The van der Waals surface area contributed by atoms with Crippen molar-refractivity contribution < 1.29 is 0 Å². The third kappa shape index (κ3) is 2.50. The summed E-state index contributed by atoms with van der Waals surface area (Å²) in [4.78, 5) is 3.12. The van der Waals surface area contributed by atoms with E-state index in [1.165, 1.54) is 0 Å². The van der Waals surface area contributed by atoms with Gasteiger partial charge < -0.3 is 9.55 Å². The van der Waals surface area contributed by atoms with Crippen LogP contribution in [0.4, 0.5) is 0 Å². The predicted molar refractivity (Wildman–Crippen MR) is 81.0 cm³/mol. The molecule has 0 fully saturated rings. The highest BCUT2D eigenvalue weighted by molar-refractivity contribution is 7.72. The number of aromatic amines is 1. The summed E-state index contributed by atoms with van der Waals surface area (Å²) < 4.78 is 2.79. The van der Waals surface area contributed by atoms with Crippen LogP contribution in [0.25, 0.3) is 11.3 Å². The quantitative estimate of drug-likeness (QED) is 0.844. The molecule has 0 aliphatic heterocycles. The lowest BCUT2D eigenvalue weighted by atomic mass is 10.1. The zero-order chi connectivity index (χ0) is 14.0. The van der Waals surface area contributed by atoms with Crippen molar-refractivity contribution in [3.8, 4) is 17.3 Å². The first-order valence-corrected chi connectivity index (χ1v) is 6.74. The topological polar surface area (TPSA) is 44.5 Å². The van der Waals surface area contributed by atoms with Gasteiger partial charge in [0.05, 0.1) is 5.69 Å². The molecule has 0 saturated heterocycles. The summed E-state index contributed by atoms with van der Waals surface area (Å²) in [6.07, 6.45) is 0. The first-order chi connectivity index (χ1) is 9.08. The van der Waals surface area contributed by atoms with Crippen molar-refractivity contribution in [3.05, 3.63) is 44.8 Å². The Morgan fingerprint density at radius 2 is 2.11 bits per heavy atom. The average Bonchev–Trinajstić information content (AvgIpc) is 2.38. The minimum Gasteiger partial charge on any atom is -0.331 e. The molecular formula is C14H13N3S2. The van der Waals surface area contributed by atoms with E-state index < -0.39 is 0 Å². The molecule has 3 nitrogen and oxygen atoms in total. The molecule has 0 atom stereocenters. The van der Waals surface area contributed by atoms with E-state index in [2.05, 4.69) is 11.1 Å². The Morgan fingerprint density at radius 3 is 2.68 bits per heavy atom. The molecule has 1 aromatic carbocycles. The molecule has 19 heavy (non-hydrogen) atoms. The van der Waals surface area contributed by atoms with E-state index >= 15 is 0 Å². The number of rotatable bonds is 2. The zero-order valence-corrected chi connectivity index (χ0v) is 12.4. The van der Waals surface area contributed by atoms with Gasteiger partial charge in [-0.05, 0) is 37.7 Å². The van der Waals surface area contributed by atoms with Crippen molar-refractivity contribution in [2.24, 2.45) is 0 Å². The fraction of sp³-hybridized carbons (Fsp3) is 0.214. The van der Waals surface area contributed by atoms with Crippen molar-refractivity contribution in [3.63, 3.8) is 0 Å². The monoisotopic (exact) mass is 287 g/mol. The van der Waals surface area contributed by atoms with E-state index in [0.29, 0.717) is 27.2 Å². The second-order valence-electron chi connectivity index (χ2n) is 4.21. The molecule has 5 heteroatoms. The van der Waals surface area contributed by atoms with E-state index in [4.69, 9.17) is 24.4 Å². The van der Waals surface area contributed by atoms with Gasteiger partial charge in [0.15, 0.2) is 4.77 Å². The Morgan fingerprint density at radius 1 is 1.37 bits per heavy atom. The van der Waals surface area contributed by atoms with Gasteiger partial charge in [-0.25, -0.2) is 0 Å². The summed E-state index contributed by atoms with van der Waals surface area (Å²) in [5, 5.41) is 9.36. The number of aryl methyl sites for hydroxylation is 1. The number of nitrogens with zero attached hydrogens (tertiary/aromatic N) is 2. The average molecular weight is 287 g/mol. The molecule has 0 radical (unpaired) electrons. The number of aromatic nitrogens is 2. The molecule has 96 valence electrons. The third-order valence-electron chi connectivity index (χ3n) is 2.92. The Balaban J connectivity index is 2.83. The summed E-state index contributed by atoms with van der Waals surface area (Å²) in [5.74, 6) is 0. The lowest BCUT2D eigenvalue weighted by Gasteiger charge is -2.10. The molecule has 2 aromatic rings. The molecule has 0 saturated carbocycles. The summed E-state index contributed by atoms with van der Waals surface area (Å²) in [6, 6.07) is 10.1. The van der Waals surface area contributed by atoms with Crippen molar-refractivity contribution in [2.75, 3.05) is 0 Å². The number of benzene rings is 1. The van der Waals surface area contributed by atoms with Crippen LogP contribution in [-0.4, -0.2) is 9.55 Å². The van der Waals surface area contributed by atoms with Crippen LogP contribution >= 0.6 is 24.4 Å². The van der Waals surface area contributed by atoms with Crippen LogP contribution < -0.4 is 0 Å². The molecule has 0 amide bonds. The van der Waals surface area contributed by atoms with Gasteiger partial charge in [0.2, 0.25) is 0 Å². The highest BCUT2D eigenvalue weighted by Crippen LogP contribution is 2.23. The van der Waals surface area contributed by atoms with Gasteiger partial charge in [-0.2, -0.15) is 5.26 Å². The Kier molecular flexibility index (Phi) is 3.93. The molecule has 0 aliphatic rings. The van der Waals surface area contributed by atoms with Gasteiger partial charge in [0.25, 0.3) is 0 Å². The van der Waals surface area contributed by atoms with Crippen LogP contribution in [0.5, 0.6) is 0 Å². The van der Waals surface area contributed by atoms with E-state index in [1.54, 1.807) is 4.57 Å². The number of H-pyrrole nitrogens is 1. The van der Waals surface area contributed by atoms with Gasteiger partial charge in [0.1, 0.15) is 16.3 Å². The largest absolute Gasteiger partial charge is 0.331 e. The third-order valence-corrected chi connectivity index (χ3v) is 3.67. The van der Waals surface area contributed by atoms with Crippen LogP contribution in [-0.2, 0) is 6.54 Å². The number of hydrogen-bond acceptors (Lipinski definition) is 3. The first-order valence-electron chi connectivity index (χ1n) is 5.92. The minimum absolute atomic E-state index is 0.469. The van der Waals surface area contributed by atoms with Gasteiger partial charge in [0, 0.05) is 6.54 Å². The molecule has 0 bridgehead atoms. The highest BCUT2D eigenvalue weighted by atomic mass is 32.1. The Labute approximate surface area is 122 Å². The van der Waals surface area contributed by atoms with E-state index in [9.17, 15) is 5.26 Å². The van der Waals surface area contributed by atoms with Crippen molar-refractivity contribution >= 4 is 24.4 Å². The van der Waals surface area contributed by atoms with Crippen molar-refractivity contribution in [2.45, 2.75) is 20.4 Å². The van der Waals surface area contributed by atoms with Gasteiger partial charge in [-0.15, -0.1) is 0 Å². The van der Waals surface area contributed by atoms with E-state index in [-0.39, 0.29) is 0 Å². The Bertz CT molecular complexity index is 778. The normalized spacial score (nSPS) is 10.2. The fourth-order valence-corrected chi connectivity index (χ4v) is 2.73. The maximum absolute atomic E-state index is 9.36. The van der Waals surface area contributed by atoms with Gasteiger partial charge in [-0.1, -0.05) is 36.0 Å². The molecule has 1 N–H and O–H groups in total. The van der Waals surface area contributed by atoms with Crippen LogP contribution in [0.2, 0.25) is 0 Å². The second-order valence-corrected chi connectivity index (χ2v) is 4.98. The predicted octanol–water partition coefficient (Wildman–Crippen LogP) is 4.14. The molecule has 0 spiro atoms. The maximum atomic E-state index is 9.36. The first kappa shape index (κ1) is 13.7. The SMILES string of the molecule is CCn1c(=S)[nH]c(-c2cccc(C)c2)c(C#N)c1=S. The summed E-state index contributed by atoms with van der Waals surface area (Å²) >= 11 is 10.6. The lowest BCUT2D eigenvalue weighted by molar-refractivity contribution is 0.709. The molecular weight excluding hydrogens is 274 g/mol. The molecule has 1 aromatic heterocycles. The Hall–Kier alpha value is -1.77. The van der Waals surface area contributed by atoms with E-state index in [0.717, 1.165) is 11.1 Å². The van der Waals surface area contributed by atoms with Gasteiger partial charge >= 0.3 is 0 Å². The van der Waals surface area contributed by atoms with Crippen LogP contribution in [0, 0.1) is 27.7 Å². The number of hydrogen-bond donors (Lipinski definition) is 1. The van der Waals surface area contributed by atoms with Crippen LogP contribution in [0.1, 0.15) is 18.1 Å². The second kappa shape index (κ2) is 5.47. The maximum Gasteiger partial charge on any atom is 0.178 e. The van der Waals surface area contributed by atoms with Crippen molar-refractivity contribution in [1.29, 1.82) is 5.26 Å². The van der Waals surface area contributed by atoms with Crippen LogP contribution in [0.15, 0.2) is 24.3 Å². The molecule has 1 heterocycles. The summed E-state index contributed by atoms with van der Waals surface area (Å²) in [6.45, 7) is 4.61. The highest BCUT2D eigenvalue weighted by Gasteiger charge is 2.10. The van der Waals surface area contributed by atoms with Gasteiger partial charge in [-0.3, -0.25) is 0 Å². The zero-order valence-electron chi connectivity index (χ0n) is 10.7. The molecule has 0 aliphatic carbocycles. The van der Waals surface area contributed by atoms with Crippen molar-refractivity contribution in [1.82, 2.24) is 9.55 Å². The fourth-order valence-electron chi connectivity index (χ4n) is 1.98. The lowest BCUT2D eigenvalue weighted by Crippen LogP contribution is -2.06. The standard InChI is InChI=1S/C14H13N3S2/c1-3-17-13(18)11(8-15)12(16-14(17)19)10-6-4-5-9(2)7-10/h4-7H,3H2,1-2H3,(H,16,19). The number of nitriles is 1.